The average Bonchev–Trinajstić information content (AvgIpc) is 3.25. The molecule has 4 rings (SSSR count). The molecule has 0 N–H and O–H groups in total. The molecule has 1 aromatic heterocycles. The van der Waals surface area contributed by atoms with Crippen molar-refractivity contribution in [1.29, 1.82) is 0 Å². The van der Waals surface area contributed by atoms with Crippen molar-refractivity contribution in [2.45, 2.75) is 70.3 Å². The van der Waals surface area contributed by atoms with E-state index in [0.29, 0.717) is 12.0 Å². The second-order valence-corrected chi connectivity index (χ2v) is 8.87. The van der Waals surface area contributed by atoms with E-state index >= 15 is 0 Å². The fourth-order valence-corrected chi connectivity index (χ4v) is 5.13. The van der Waals surface area contributed by atoms with Gasteiger partial charge in [-0.2, -0.15) is 0 Å². The molecule has 3 heteroatoms. The standard InChI is InChI=1S/C24H36N2O/c1-2-17-26(16-1)18-19-27-23-9-13-24(14-10-23)11-7-21(8-12-24)5-6-22-4-3-15-25-20-22/h3-6,15,20-21,23H,1-2,7-14,16-19H2/i11D. The zero-order valence-corrected chi connectivity index (χ0v) is 16.7. The van der Waals surface area contributed by atoms with Gasteiger partial charge in [-0.1, -0.05) is 18.2 Å². The molecule has 3 nitrogen and oxygen atoms in total. The van der Waals surface area contributed by atoms with Gasteiger partial charge < -0.3 is 9.64 Å². The lowest BCUT2D eigenvalue weighted by Gasteiger charge is -2.44. The SMILES string of the molecule is [2H]C1CC(C=Cc2cccnc2)CCC12CCC(OCCN1CCCC1)CC2. The van der Waals surface area contributed by atoms with Crippen molar-refractivity contribution < 1.29 is 6.11 Å². The van der Waals surface area contributed by atoms with E-state index < -0.39 is 0 Å². The molecule has 2 atom stereocenters. The quantitative estimate of drug-likeness (QED) is 0.678. The fourth-order valence-electron chi connectivity index (χ4n) is 5.13. The smallest absolute Gasteiger partial charge is 0.0597 e. The summed E-state index contributed by atoms with van der Waals surface area (Å²) in [4.78, 5) is 6.71. The summed E-state index contributed by atoms with van der Waals surface area (Å²) in [6.07, 6.45) is 19.6. The van der Waals surface area contributed by atoms with E-state index in [2.05, 4.69) is 28.1 Å². The lowest BCUT2D eigenvalue weighted by atomic mass is 9.63. The molecule has 0 bridgehead atoms. The number of aromatic nitrogens is 1. The van der Waals surface area contributed by atoms with Crippen molar-refractivity contribution in [3.8, 4) is 0 Å². The Morgan fingerprint density at radius 2 is 2.00 bits per heavy atom. The molecule has 27 heavy (non-hydrogen) atoms. The summed E-state index contributed by atoms with van der Waals surface area (Å²) in [5.74, 6) is 0.544. The Balaban J connectivity index is 1.20. The number of nitrogens with zero attached hydrogens (tertiary/aromatic N) is 2. The minimum atomic E-state index is 0.0790. The first-order valence-corrected chi connectivity index (χ1v) is 11.1. The third-order valence-corrected chi connectivity index (χ3v) is 7.00. The summed E-state index contributed by atoms with van der Waals surface area (Å²) in [5.41, 5.74) is 1.42. The molecule has 3 aliphatic rings. The molecule has 2 saturated carbocycles. The maximum atomic E-state index is 8.85. The summed E-state index contributed by atoms with van der Waals surface area (Å²) >= 11 is 0. The van der Waals surface area contributed by atoms with Crippen LogP contribution in [-0.2, 0) is 4.74 Å². The number of hydrogen-bond donors (Lipinski definition) is 0. The van der Waals surface area contributed by atoms with Crippen LogP contribution in [0.25, 0.3) is 6.08 Å². The van der Waals surface area contributed by atoms with Gasteiger partial charge in [-0.25, -0.2) is 0 Å². The van der Waals surface area contributed by atoms with Crippen LogP contribution in [0.3, 0.4) is 0 Å². The van der Waals surface area contributed by atoms with E-state index in [-0.39, 0.29) is 11.8 Å². The summed E-state index contributed by atoms with van der Waals surface area (Å²) in [6.45, 7) is 4.51. The lowest BCUT2D eigenvalue weighted by molar-refractivity contribution is -0.0216. The van der Waals surface area contributed by atoms with Gasteiger partial charge in [0.15, 0.2) is 0 Å². The number of hydrogen-bond acceptors (Lipinski definition) is 3. The Kier molecular flexibility index (Phi) is 6.18. The minimum Gasteiger partial charge on any atom is -0.377 e. The molecule has 1 spiro atoms. The second-order valence-electron chi connectivity index (χ2n) is 8.87. The van der Waals surface area contributed by atoms with Gasteiger partial charge in [0.25, 0.3) is 0 Å². The maximum Gasteiger partial charge on any atom is 0.0597 e. The molecule has 2 aliphatic carbocycles. The molecular weight excluding hydrogens is 332 g/mol. The van der Waals surface area contributed by atoms with Crippen molar-refractivity contribution >= 4 is 6.08 Å². The molecule has 148 valence electrons. The van der Waals surface area contributed by atoms with E-state index in [1.54, 1.807) is 0 Å². The van der Waals surface area contributed by atoms with Crippen molar-refractivity contribution in [2.24, 2.45) is 11.3 Å². The highest BCUT2D eigenvalue weighted by Gasteiger charge is 2.38. The number of pyridine rings is 1. The topological polar surface area (TPSA) is 25.4 Å². The van der Waals surface area contributed by atoms with Crippen LogP contribution >= 0.6 is 0 Å². The Hall–Kier alpha value is -1.19. The molecule has 0 aromatic carbocycles. The van der Waals surface area contributed by atoms with Gasteiger partial charge in [0.2, 0.25) is 0 Å². The first-order chi connectivity index (χ1) is 13.7. The molecule has 3 fully saturated rings. The molecular formula is C24H36N2O. The van der Waals surface area contributed by atoms with Crippen LogP contribution in [-0.4, -0.2) is 42.2 Å². The molecule has 0 radical (unpaired) electrons. The number of allylic oxidation sites excluding steroid dienone is 1. The Morgan fingerprint density at radius 3 is 2.74 bits per heavy atom. The first kappa shape index (κ1) is 17.9. The minimum absolute atomic E-state index is 0.0790. The lowest BCUT2D eigenvalue weighted by Crippen LogP contribution is -2.35. The Morgan fingerprint density at radius 1 is 1.19 bits per heavy atom. The average molecular weight is 370 g/mol. The molecule has 1 aliphatic heterocycles. The first-order valence-electron chi connectivity index (χ1n) is 11.7. The monoisotopic (exact) mass is 369 g/mol. The Labute approximate surface area is 166 Å². The van der Waals surface area contributed by atoms with Gasteiger partial charge in [-0.3, -0.25) is 4.98 Å². The predicted molar refractivity (Wildman–Crippen MR) is 112 cm³/mol. The van der Waals surface area contributed by atoms with Gasteiger partial charge in [0.1, 0.15) is 0 Å². The zero-order valence-electron chi connectivity index (χ0n) is 17.7. The molecule has 2 heterocycles. The van der Waals surface area contributed by atoms with Crippen molar-refractivity contribution in [3.63, 3.8) is 0 Å². The highest BCUT2D eigenvalue weighted by molar-refractivity contribution is 5.47. The van der Waals surface area contributed by atoms with E-state index in [0.717, 1.165) is 38.0 Å². The van der Waals surface area contributed by atoms with Crippen molar-refractivity contribution in [2.75, 3.05) is 26.2 Å². The van der Waals surface area contributed by atoms with Crippen LogP contribution in [0.5, 0.6) is 0 Å². The zero-order chi connectivity index (χ0) is 19.2. The highest BCUT2D eigenvalue weighted by atomic mass is 16.5. The number of ether oxygens (including phenoxy) is 1. The normalized spacial score (nSPS) is 35.7. The summed E-state index contributed by atoms with van der Waals surface area (Å²) in [5, 5.41) is 0. The maximum absolute atomic E-state index is 8.85. The summed E-state index contributed by atoms with van der Waals surface area (Å²) in [7, 11) is 0. The number of rotatable bonds is 6. The van der Waals surface area contributed by atoms with Gasteiger partial charge in [0, 0.05) is 20.3 Å². The van der Waals surface area contributed by atoms with Crippen molar-refractivity contribution in [1.82, 2.24) is 9.88 Å². The number of likely N-dealkylation sites (tertiary alicyclic amines) is 1. The van der Waals surface area contributed by atoms with Crippen LogP contribution in [0.15, 0.2) is 30.6 Å². The van der Waals surface area contributed by atoms with Crippen LogP contribution in [0, 0.1) is 11.3 Å². The Bertz CT molecular complexity index is 621. The van der Waals surface area contributed by atoms with Crippen LogP contribution in [0.1, 0.15) is 71.1 Å². The van der Waals surface area contributed by atoms with Crippen LogP contribution in [0.4, 0.5) is 0 Å². The highest BCUT2D eigenvalue weighted by Crippen LogP contribution is 2.49. The van der Waals surface area contributed by atoms with E-state index in [1.165, 1.54) is 51.6 Å². The molecule has 1 saturated heterocycles. The molecule has 0 amide bonds. The van der Waals surface area contributed by atoms with Gasteiger partial charge in [0.05, 0.1) is 12.7 Å². The molecule has 2 unspecified atom stereocenters. The second kappa shape index (κ2) is 9.34. The van der Waals surface area contributed by atoms with Crippen LogP contribution in [0.2, 0.25) is 0 Å². The predicted octanol–water partition coefficient (Wildman–Crippen LogP) is 5.33. The third kappa shape index (κ3) is 5.42. The third-order valence-electron chi connectivity index (χ3n) is 7.00. The van der Waals surface area contributed by atoms with Crippen LogP contribution < -0.4 is 0 Å². The van der Waals surface area contributed by atoms with E-state index in [4.69, 9.17) is 6.11 Å². The largest absolute Gasteiger partial charge is 0.377 e. The fraction of sp³-hybridized carbons (Fsp3) is 0.708. The van der Waals surface area contributed by atoms with Gasteiger partial charge >= 0.3 is 0 Å². The van der Waals surface area contributed by atoms with Gasteiger partial charge in [-0.05, 0) is 100 Å². The summed E-state index contributed by atoms with van der Waals surface area (Å²) < 4.78 is 15.1. The molecule has 1 aromatic rings. The van der Waals surface area contributed by atoms with Gasteiger partial charge in [-0.15, -0.1) is 0 Å². The summed E-state index contributed by atoms with van der Waals surface area (Å²) in [6, 6.07) is 4.07. The van der Waals surface area contributed by atoms with E-state index in [9.17, 15) is 0 Å². The van der Waals surface area contributed by atoms with E-state index in [1.807, 2.05) is 18.5 Å². The van der Waals surface area contributed by atoms with Crippen molar-refractivity contribution in [3.05, 3.63) is 36.2 Å².